The van der Waals surface area contributed by atoms with Gasteiger partial charge in [-0.2, -0.15) is 0 Å². The van der Waals surface area contributed by atoms with E-state index in [0.717, 1.165) is 12.8 Å². The van der Waals surface area contributed by atoms with Crippen LogP contribution in [-0.2, 0) is 4.74 Å². The number of ether oxygens (including phenoxy) is 1. The summed E-state index contributed by atoms with van der Waals surface area (Å²) in [5.41, 5.74) is 5.14. The molecule has 8 heteroatoms. The third kappa shape index (κ3) is 3.83. The van der Waals surface area contributed by atoms with Gasteiger partial charge in [0.05, 0.1) is 4.92 Å². The Labute approximate surface area is 98.4 Å². The Hall–Kier alpha value is -1.96. The van der Waals surface area contributed by atoms with Crippen LogP contribution in [0.1, 0.15) is 12.8 Å². The van der Waals surface area contributed by atoms with E-state index in [9.17, 15) is 10.1 Å². The summed E-state index contributed by atoms with van der Waals surface area (Å²) in [5, 5.41) is 13.6. The van der Waals surface area contributed by atoms with Gasteiger partial charge in [-0.05, 0) is 12.8 Å². The van der Waals surface area contributed by atoms with Crippen molar-refractivity contribution in [1.82, 2.24) is 9.97 Å². The van der Waals surface area contributed by atoms with Crippen LogP contribution in [0.15, 0.2) is 6.33 Å². The molecule has 94 valence electrons. The maximum absolute atomic E-state index is 10.8. The van der Waals surface area contributed by atoms with Crippen LogP contribution < -0.4 is 11.1 Å². The van der Waals surface area contributed by atoms with E-state index in [0.29, 0.717) is 13.2 Å². The summed E-state index contributed by atoms with van der Waals surface area (Å²) >= 11 is 0. The van der Waals surface area contributed by atoms with Gasteiger partial charge in [0.25, 0.3) is 0 Å². The molecule has 0 aromatic carbocycles. The molecule has 3 N–H and O–H groups in total. The molecule has 0 unspecified atom stereocenters. The Morgan fingerprint density at radius 2 is 2.29 bits per heavy atom. The number of anilines is 2. The molecule has 0 bridgehead atoms. The van der Waals surface area contributed by atoms with Crippen molar-refractivity contribution in [3.8, 4) is 0 Å². The number of hydrogen-bond acceptors (Lipinski definition) is 7. The van der Waals surface area contributed by atoms with Crippen molar-refractivity contribution < 1.29 is 9.66 Å². The van der Waals surface area contributed by atoms with Crippen LogP contribution in [0.5, 0.6) is 0 Å². The van der Waals surface area contributed by atoms with Crippen LogP contribution in [0.3, 0.4) is 0 Å². The number of aromatic nitrogens is 2. The van der Waals surface area contributed by atoms with Gasteiger partial charge in [-0.3, -0.25) is 10.1 Å². The molecular weight excluding hydrogens is 226 g/mol. The van der Waals surface area contributed by atoms with Gasteiger partial charge in [-0.1, -0.05) is 0 Å². The molecule has 0 aliphatic carbocycles. The van der Waals surface area contributed by atoms with Crippen molar-refractivity contribution in [2.75, 3.05) is 31.3 Å². The molecular formula is C9H15N5O3. The molecule has 1 rings (SSSR count). The summed E-state index contributed by atoms with van der Waals surface area (Å²) < 4.78 is 4.89. The van der Waals surface area contributed by atoms with Crippen molar-refractivity contribution in [2.45, 2.75) is 12.8 Å². The first-order valence-corrected chi connectivity index (χ1v) is 5.14. The van der Waals surface area contributed by atoms with E-state index in [4.69, 9.17) is 10.5 Å². The van der Waals surface area contributed by atoms with Crippen molar-refractivity contribution >= 4 is 17.3 Å². The minimum Gasteiger partial charge on any atom is -0.385 e. The Morgan fingerprint density at radius 1 is 1.53 bits per heavy atom. The molecule has 0 spiro atoms. The molecule has 0 aliphatic rings. The van der Waals surface area contributed by atoms with E-state index in [2.05, 4.69) is 15.3 Å². The zero-order valence-electron chi connectivity index (χ0n) is 9.55. The minimum atomic E-state index is -0.590. The molecule has 1 aromatic heterocycles. The fourth-order valence-corrected chi connectivity index (χ4v) is 1.28. The van der Waals surface area contributed by atoms with Gasteiger partial charge in [-0.25, -0.2) is 9.97 Å². The molecule has 1 aromatic rings. The molecule has 0 amide bonds. The first-order valence-electron chi connectivity index (χ1n) is 5.14. The van der Waals surface area contributed by atoms with Crippen LogP contribution in [0.2, 0.25) is 0 Å². The fraction of sp³-hybridized carbons (Fsp3) is 0.556. The number of unbranched alkanes of at least 4 members (excludes halogenated alkanes) is 1. The largest absolute Gasteiger partial charge is 0.385 e. The summed E-state index contributed by atoms with van der Waals surface area (Å²) in [7, 11) is 1.63. The standard InChI is InChI=1S/C9H15N5O3/c1-17-5-3-2-4-11-9-7(14(15)16)8(10)12-6-13-9/h6H,2-5H2,1H3,(H3,10,11,12,13). The second kappa shape index (κ2) is 6.59. The third-order valence-corrected chi connectivity index (χ3v) is 2.10. The SMILES string of the molecule is COCCCCNc1ncnc(N)c1[N+](=O)[O-]. The van der Waals surface area contributed by atoms with E-state index in [1.54, 1.807) is 7.11 Å². The number of nitrogens with one attached hydrogen (secondary N) is 1. The van der Waals surface area contributed by atoms with Gasteiger partial charge in [0.1, 0.15) is 6.33 Å². The number of nitrogen functional groups attached to an aromatic ring is 1. The van der Waals surface area contributed by atoms with Crippen molar-refractivity contribution in [1.29, 1.82) is 0 Å². The quantitative estimate of drug-likeness (QED) is 0.412. The topological polar surface area (TPSA) is 116 Å². The van der Waals surface area contributed by atoms with Crippen LogP contribution in [-0.4, -0.2) is 35.2 Å². The third-order valence-electron chi connectivity index (χ3n) is 2.10. The van der Waals surface area contributed by atoms with E-state index < -0.39 is 4.92 Å². The molecule has 0 radical (unpaired) electrons. The Balaban J connectivity index is 2.58. The van der Waals surface area contributed by atoms with Gasteiger partial charge >= 0.3 is 5.69 Å². The minimum absolute atomic E-state index is 0.135. The lowest BCUT2D eigenvalue weighted by Gasteiger charge is -2.06. The second-order valence-electron chi connectivity index (χ2n) is 3.34. The predicted molar refractivity (Wildman–Crippen MR) is 62.7 cm³/mol. The number of methoxy groups -OCH3 is 1. The van der Waals surface area contributed by atoms with E-state index in [1.165, 1.54) is 6.33 Å². The molecule has 1 heterocycles. The van der Waals surface area contributed by atoms with Crippen LogP contribution >= 0.6 is 0 Å². The predicted octanol–water partition coefficient (Wildman–Crippen LogP) is 0.806. The van der Waals surface area contributed by atoms with Crippen LogP contribution in [0, 0.1) is 10.1 Å². The molecule has 0 aliphatic heterocycles. The van der Waals surface area contributed by atoms with Crippen molar-refractivity contribution in [3.05, 3.63) is 16.4 Å². The number of nitrogens with two attached hydrogens (primary N) is 1. The zero-order valence-corrected chi connectivity index (χ0v) is 9.55. The highest BCUT2D eigenvalue weighted by Crippen LogP contribution is 2.25. The molecule has 8 nitrogen and oxygen atoms in total. The lowest BCUT2D eigenvalue weighted by Crippen LogP contribution is -2.09. The maximum Gasteiger partial charge on any atom is 0.352 e. The van der Waals surface area contributed by atoms with Gasteiger partial charge < -0.3 is 15.8 Å². The number of hydrogen-bond donors (Lipinski definition) is 2. The molecule has 17 heavy (non-hydrogen) atoms. The summed E-state index contributed by atoms with van der Waals surface area (Å²) in [4.78, 5) is 17.6. The number of rotatable bonds is 7. The molecule has 0 fully saturated rings. The summed E-state index contributed by atoms with van der Waals surface area (Å²) in [5.74, 6) is 0.0179. The van der Waals surface area contributed by atoms with Gasteiger partial charge in [0, 0.05) is 20.3 Å². The maximum atomic E-state index is 10.8. The number of nitrogens with zero attached hydrogens (tertiary/aromatic N) is 3. The van der Waals surface area contributed by atoms with Crippen molar-refractivity contribution in [2.24, 2.45) is 0 Å². The van der Waals surface area contributed by atoms with Crippen LogP contribution in [0.4, 0.5) is 17.3 Å². The normalized spacial score (nSPS) is 10.2. The highest BCUT2D eigenvalue weighted by atomic mass is 16.6. The smallest absolute Gasteiger partial charge is 0.352 e. The fourth-order valence-electron chi connectivity index (χ4n) is 1.28. The van der Waals surface area contributed by atoms with Gasteiger partial charge in [0.2, 0.25) is 11.6 Å². The average Bonchev–Trinajstić information content (AvgIpc) is 2.28. The highest BCUT2D eigenvalue weighted by Gasteiger charge is 2.20. The van der Waals surface area contributed by atoms with Crippen molar-refractivity contribution in [3.63, 3.8) is 0 Å². The first kappa shape index (κ1) is 13.1. The highest BCUT2D eigenvalue weighted by molar-refractivity contribution is 5.67. The van der Waals surface area contributed by atoms with E-state index >= 15 is 0 Å². The van der Waals surface area contributed by atoms with Gasteiger partial charge in [0.15, 0.2) is 0 Å². The summed E-state index contributed by atoms with van der Waals surface area (Å²) in [6.45, 7) is 1.23. The molecule has 0 atom stereocenters. The average molecular weight is 241 g/mol. The van der Waals surface area contributed by atoms with Gasteiger partial charge in [-0.15, -0.1) is 0 Å². The van der Waals surface area contributed by atoms with E-state index in [1.807, 2.05) is 0 Å². The summed E-state index contributed by atoms with van der Waals surface area (Å²) in [6.07, 6.45) is 2.90. The second-order valence-corrected chi connectivity index (χ2v) is 3.34. The number of nitro groups is 1. The lowest BCUT2D eigenvalue weighted by molar-refractivity contribution is -0.383. The van der Waals surface area contributed by atoms with Crippen LogP contribution in [0.25, 0.3) is 0 Å². The Bertz CT molecular complexity index is 385. The summed E-state index contributed by atoms with van der Waals surface area (Å²) in [6, 6.07) is 0. The Kier molecular flexibility index (Phi) is 5.08. The molecule has 0 saturated carbocycles. The Morgan fingerprint density at radius 3 is 2.94 bits per heavy atom. The first-order chi connectivity index (χ1) is 8.16. The zero-order chi connectivity index (χ0) is 12.7. The lowest BCUT2D eigenvalue weighted by atomic mass is 10.3. The molecule has 0 saturated heterocycles. The van der Waals surface area contributed by atoms with E-state index in [-0.39, 0.29) is 17.3 Å². The monoisotopic (exact) mass is 241 g/mol.